The molecule has 1 unspecified atom stereocenters. The molecule has 1 aromatic carbocycles. The van der Waals surface area contributed by atoms with E-state index in [0.717, 1.165) is 15.3 Å². The van der Waals surface area contributed by atoms with Crippen molar-refractivity contribution in [2.45, 2.75) is 6.04 Å². The molecule has 0 radical (unpaired) electrons. The summed E-state index contributed by atoms with van der Waals surface area (Å²) in [7, 11) is 0. The maximum Gasteiger partial charge on any atom is 0.274 e. The first-order chi connectivity index (χ1) is 12.7. The molecule has 1 atom stereocenters. The summed E-state index contributed by atoms with van der Waals surface area (Å²) < 4.78 is 18.5. The summed E-state index contributed by atoms with van der Waals surface area (Å²) in [5.74, 6) is -0.110. The van der Waals surface area contributed by atoms with Crippen LogP contribution in [0, 0.1) is 5.82 Å². The van der Waals surface area contributed by atoms with Crippen molar-refractivity contribution in [2.75, 3.05) is 0 Å². The van der Waals surface area contributed by atoms with Crippen LogP contribution in [0.25, 0.3) is 10.6 Å². The van der Waals surface area contributed by atoms with Crippen molar-refractivity contribution in [3.63, 3.8) is 0 Å². The molecular formula is C19H13FN2O2S2. The molecule has 0 aliphatic carbocycles. The number of nitrogens with zero attached hydrogens (tertiary/aromatic N) is 1. The zero-order valence-corrected chi connectivity index (χ0v) is 15.0. The smallest absolute Gasteiger partial charge is 0.274 e. The van der Waals surface area contributed by atoms with Gasteiger partial charge in [-0.05, 0) is 40.6 Å². The molecule has 0 fully saturated rings. The fourth-order valence-electron chi connectivity index (χ4n) is 2.55. The molecule has 4 aromatic rings. The quantitative estimate of drug-likeness (QED) is 0.519. The van der Waals surface area contributed by atoms with Gasteiger partial charge in [0.1, 0.15) is 5.82 Å². The molecule has 4 nitrogen and oxygen atoms in total. The number of carbonyl (C=O) groups excluding carboxylic acids is 1. The summed E-state index contributed by atoms with van der Waals surface area (Å²) in [6.45, 7) is 0. The van der Waals surface area contributed by atoms with Crippen LogP contribution in [0.4, 0.5) is 4.39 Å². The average molecular weight is 384 g/mol. The van der Waals surface area contributed by atoms with Crippen molar-refractivity contribution < 1.29 is 13.7 Å². The number of thiophene rings is 2. The Kier molecular flexibility index (Phi) is 4.64. The summed E-state index contributed by atoms with van der Waals surface area (Å²) in [4.78, 5) is 14.5. The van der Waals surface area contributed by atoms with E-state index in [0.29, 0.717) is 5.76 Å². The van der Waals surface area contributed by atoms with E-state index in [9.17, 15) is 9.18 Å². The highest BCUT2D eigenvalue weighted by molar-refractivity contribution is 7.13. The van der Waals surface area contributed by atoms with E-state index in [1.165, 1.54) is 34.8 Å². The third-order valence-corrected chi connectivity index (χ3v) is 5.63. The first-order valence-electron chi connectivity index (χ1n) is 7.81. The molecule has 0 saturated carbocycles. The third kappa shape index (κ3) is 3.44. The number of hydrogen-bond donors (Lipinski definition) is 1. The first-order valence-corrected chi connectivity index (χ1v) is 9.57. The van der Waals surface area contributed by atoms with Crippen LogP contribution in [0.2, 0.25) is 0 Å². The summed E-state index contributed by atoms with van der Waals surface area (Å²) >= 11 is 3.03. The molecule has 130 valence electrons. The van der Waals surface area contributed by atoms with E-state index in [4.69, 9.17) is 4.52 Å². The van der Waals surface area contributed by atoms with E-state index in [-0.39, 0.29) is 23.5 Å². The maximum absolute atomic E-state index is 13.3. The molecule has 1 N–H and O–H groups in total. The van der Waals surface area contributed by atoms with Crippen molar-refractivity contribution in [1.29, 1.82) is 0 Å². The molecule has 0 aliphatic rings. The van der Waals surface area contributed by atoms with Gasteiger partial charge in [-0.3, -0.25) is 4.79 Å². The van der Waals surface area contributed by atoms with Crippen molar-refractivity contribution in [1.82, 2.24) is 10.5 Å². The highest BCUT2D eigenvalue weighted by atomic mass is 32.1. The minimum Gasteiger partial charge on any atom is -0.355 e. The predicted molar refractivity (Wildman–Crippen MR) is 99.8 cm³/mol. The van der Waals surface area contributed by atoms with Gasteiger partial charge < -0.3 is 9.84 Å². The van der Waals surface area contributed by atoms with E-state index in [1.54, 1.807) is 18.2 Å². The van der Waals surface area contributed by atoms with Gasteiger partial charge in [0.25, 0.3) is 5.91 Å². The topological polar surface area (TPSA) is 55.1 Å². The Morgan fingerprint density at radius 1 is 1.08 bits per heavy atom. The van der Waals surface area contributed by atoms with Crippen molar-refractivity contribution >= 4 is 28.6 Å². The fourth-order valence-corrected chi connectivity index (χ4v) is 4.03. The van der Waals surface area contributed by atoms with E-state index < -0.39 is 0 Å². The molecule has 4 rings (SSSR count). The Balaban J connectivity index is 1.59. The van der Waals surface area contributed by atoms with Crippen LogP contribution in [-0.2, 0) is 0 Å². The number of rotatable bonds is 5. The summed E-state index contributed by atoms with van der Waals surface area (Å²) in [6.07, 6.45) is 0. The molecule has 0 spiro atoms. The summed E-state index contributed by atoms with van der Waals surface area (Å²) in [5.41, 5.74) is 1.00. The number of hydrogen-bond acceptors (Lipinski definition) is 5. The Morgan fingerprint density at radius 3 is 2.54 bits per heavy atom. The number of nitrogens with one attached hydrogen (secondary N) is 1. The van der Waals surface area contributed by atoms with Crippen LogP contribution in [0.3, 0.4) is 0 Å². The molecule has 0 aliphatic heterocycles. The van der Waals surface area contributed by atoms with Gasteiger partial charge in [0.15, 0.2) is 11.5 Å². The molecule has 3 heterocycles. The van der Waals surface area contributed by atoms with Crippen LogP contribution in [0.15, 0.2) is 69.9 Å². The van der Waals surface area contributed by atoms with Crippen LogP contribution < -0.4 is 5.32 Å². The van der Waals surface area contributed by atoms with E-state index in [2.05, 4.69) is 10.5 Å². The highest BCUT2D eigenvalue weighted by Crippen LogP contribution is 2.28. The predicted octanol–water partition coefficient (Wildman–Crippen LogP) is 5.12. The van der Waals surface area contributed by atoms with Gasteiger partial charge in [-0.2, -0.15) is 0 Å². The minimum atomic E-state index is -0.384. The Labute approximate surface area is 156 Å². The lowest BCUT2D eigenvalue weighted by Crippen LogP contribution is -2.29. The fraction of sp³-hybridized carbons (Fsp3) is 0.0526. The molecule has 0 saturated heterocycles. The second kappa shape index (κ2) is 7.23. The number of benzene rings is 1. The lowest BCUT2D eigenvalue weighted by Gasteiger charge is -2.17. The van der Waals surface area contributed by atoms with Crippen LogP contribution in [-0.4, -0.2) is 11.1 Å². The molecule has 1 amide bonds. The Morgan fingerprint density at radius 2 is 1.85 bits per heavy atom. The lowest BCUT2D eigenvalue weighted by atomic mass is 10.0. The molecule has 3 aromatic heterocycles. The zero-order chi connectivity index (χ0) is 17.9. The molecule has 26 heavy (non-hydrogen) atoms. The summed E-state index contributed by atoms with van der Waals surface area (Å²) in [6, 6.07) is 15.0. The van der Waals surface area contributed by atoms with Crippen molar-refractivity contribution in [3.8, 4) is 10.6 Å². The number of aromatic nitrogens is 1. The molecule has 7 heteroatoms. The van der Waals surface area contributed by atoms with Gasteiger partial charge in [0.05, 0.1) is 10.9 Å². The number of halogens is 1. The van der Waals surface area contributed by atoms with Crippen LogP contribution >= 0.6 is 22.7 Å². The normalized spacial score (nSPS) is 12.0. The van der Waals surface area contributed by atoms with E-state index in [1.807, 2.05) is 35.0 Å². The van der Waals surface area contributed by atoms with Crippen LogP contribution in [0.1, 0.15) is 27.0 Å². The van der Waals surface area contributed by atoms with Gasteiger partial charge >= 0.3 is 0 Å². The monoisotopic (exact) mass is 384 g/mol. The second-order valence-electron chi connectivity index (χ2n) is 5.53. The Bertz CT molecular complexity index is 993. The first kappa shape index (κ1) is 16.7. The van der Waals surface area contributed by atoms with Gasteiger partial charge in [0.2, 0.25) is 0 Å². The zero-order valence-electron chi connectivity index (χ0n) is 13.4. The second-order valence-corrected chi connectivity index (χ2v) is 7.45. The molecule has 0 bridgehead atoms. The largest absolute Gasteiger partial charge is 0.355 e. The third-order valence-electron chi connectivity index (χ3n) is 3.81. The van der Waals surface area contributed by atoms with Gasteiger partial charge in [-0.15, -0.1) is 22.7 Å². The lowest BCUT2D eigenvalue weighted by molar-refractivity contribution is 0.0934. The van der Waals surface area contributed by atoms with Crippen LogP contribution in [0.5, 0.6) is 0 Å². The summed E-state index contributed by atoms with van der Waals surface area (Å²) in [5, 5.41) is 10.7. The highest BCUT2D eigenvalue weighted by Gasteiger charge is 2.21. The van der Waals surface area contributed by atoms with Gasteiger partial charge in [0, 0.05) is 10.9 Å². The van der Waals surface area contributed by atoms with Crippen molar-refractivity contribution in [2.24, 2.45) is 0 Å². The number of carbonyl (C=O) groups is 1. The van der Waals surface area contributed by atoms with Crippen molar-refractivity contribution in [3.05, 3.63) is 87.3 Å². The van der Waals surface area contributed by atoms with Gasteiger partial charge in [-0.25, -0.2) is 4.39 Å². The maximum atomic E-state index is 13.3. The SMILES string of the molecule is O=C(NC(c1ccc(F)cc1)c1cccs1)c1cc(-c2cccs2)on1. The minimum absolute atomic E-state index is 0.206. The standard InChI is InChI=1S/C19H13FN2O2S2/c20-13-7-5-12(6-8-13)18(17-4-2-10-26-17)21-19(23)14-11-15(24-22-14)16-3-1-9-25-16/h1-11,18H,(H,21,23). The van der Waals surface area contributed by atoms with Gasteiger partial charge in [-0.1, -0.05) is 29.4 Å². The number of amides is 1. The average Bonchev–Trinajstić information content (AvgIpc) is 3.42. The Hall–Kier alpha value is -2.77. The van der Waals surface area contributed by atoms with E-state index >= 15 is 0 Å². The molecular weight excluding hydrogens is 371 g/mol.